The summed E-state index contributed by atoms with van der Waals surface area (Å²) >= 11 is 0. The van der Waals surface area contributed by atoms with Gasteiger partial charge in [-0.1, -0.05) is 5.16 Å². The molecule has 1 N–H and O–H groups in total. The maximum Gasteiger partial charge on any atom is 0.304 e. The first-order valence-corrected chi connectivity index (χ1v) is 4.97. The fourth-order valence-electron chi connectivity index (χ4n) is 1.98. The molecule has 1 aliphatic rings. The van der Waals surface area contributed by atoms with Gasteiger partial charge in [-0.2, -0.15) is 4.98 Å². The number of hydrogen-bond acceptors (Lipinski definition) is 5. The van der Waals surface area contributed by atoms with E-state index in [-0.39, 0.29) is 12.5 Å². The number of carbonyl (C=O) groups is 1. The van der Waals surface area contributed by atoms with Gasteiger partial charge >= 0.3 is 5.97 Å². The van der Waals surface area contributed by atoms with Crippen molar-refractivity contribution in [2.24, 2.45) is 0 Å². The molecular weight excluding hydrogens is 198 g/mol. The van der Waals surface area contributed by atoms with Crippen LogP contribution in [0.1, 0.15) is 25.1 Å². The summed E-state index contributed by atoms with van der Waals surface area (Å²) < 4.78 is 4.64. The van der Waals surface area contributed by atoms with E-state index < -0.39 is 5.97 Å². The predicted molar refractivity (Wildman–Crippen MR) is 50.0 cm³/mol. The molecule has 2 heterocycles. The molecule has 1 unspecified atom stereocenters. The summed E-state index contributed by atoms with van der Waals surface area (Å²) in [4.78, 5) is 16.6. The van der Waals surface area contributed by atoms with Crippen molar-refractivity contribution in [1.29, 1.82) is 0 Å². The Morgan fingerprint density at radius 2 is 2.60 bits per heavy atom. The topological polar surface area (TPSA) is 79.5 Å². The molecule has 1 atom stereocenters. The maximum absolute atomic E-state index is 10.6. The number of nitrogens with zero attached hydrogens (tertiary/aromatic N) is 3. The van der Waals surface area contributed by atoms with Crippen molar-refractivity contribution in [1.82, 2.24) is 15.0 Å². The lowest BCUT2D eigenvalue weighted by Crippen LogP contribution is -2.31. The van der Waals surface area contributed by atoms with Crippen LogP contribution in [-0.4, -0.2) is 38.7 Å². The number of carboxylic acids is 1. The van der Waals surface area contributed by atoms with E-state index in [1.54, 1.807) is 0 Å². The summed E-state index contributed by atoms with van der Waals surface area (Å²) in [5.74, 6) is -0.132. The molecule has 1 aromatic rings. The van der Waals surface area contributed by atoms with Crippen molar-refractivity contribution < 1.29 is 14.4 Å². The van der Waals surface area contributed by atoms with E-state index >= 15 is 0 Å². The summed E-state index contributed by atoms with van der Waals surface area (Å²) in [6, 6.07) is 0.112. The van der Waals surface area contributed by atoms with E-state index in [2.05, 4.69) is 19.6 Å². The van der Waals surface area contributed by atoms with Crippen LogP contribution in [0.4, 0.5) is 0 Å². The molecule has 1 aromatic heterocycles. The van der Waals surface area contributed by atoms with Crippen molar-refractivity contribution >= 4 is 5.97 Å². The van der Waals surface area contributed by atoms with E-state index in [0.717, 1.165) is 19.4 Å². The van der Waals surface area contributed by atoms with E-state index in [1.165, 1.54) is 6.39 Å². The smallest absolute Gasteiger partial charge is 0.304 e. The fourth-order valence-corrected chi connectivity index (χ4v) is 1.98. The summed E-state index contributed by atoms with van der Waals surface area (Å²) in [6.07, 6.45) is 3.45. The SMILES string of the molecule is O=C(O)CC1CCCN1Cc1ncon1. The van der Waals surface area contributed by atoms with Crippen LogP contribution in [0, 0.1) is 0 Å². The van der Waals surface area contributed by atoms with Gasteiger partial charge in [-0.05, 0) is 19.4 Å². The van der Waals surface area contributed by atoms with E-state index in [1.807, 2.05) is 0 Å². The van der Waals surface area contributed by atoms with E-state index in [4.69, 9.17) is 5.11 Å². The Morgan fingerprint density at radius 3 is 3.27 bits per heavy atom. The van der Waals surface area contributed by atoms with Gasteiger partial charge in [-0.25, -0.2) is 0 Å². The average molecular weight is 211 g/mol. The Hall–Kier alpha value is -1.43. The highest BCUT2D eigenvalue weighted by Crippen LogP contribution is 2.21. The number of rotatable bonds is 4. The molecule has 0 spiro atoms. The number of likely N-dealkylation sites (tertiary alicyclic amines) is 1. The molecule has 6 nitrogen and oxygen atoms in total. The van der Waals surface area contributed by atoms with Gasteiger partial charge in [0.2, 0.25) is 6.39 Å². The zero-order valence-electron chi connectivity index (χ0n) is 8.30. The third-order valence-electron chi connectivity index (χ3n) is 2.66. The highest BCUT2D eigenvalue weighted by molar-refractivity contribution is 5.67. The minimum absolute atomic E-state index is 0.112. The third kappa shape index (κ3) is 2.53. The van der Waals surface area contributed by atoms with Crippen LogP contribution in [0.15, 0.2) is 10.9 Å². The van der Waals surface area contributed by atoms with Crippen molar-refractivity contribution in [3.63, 3.8) is 0 Å². The van der Waals surface area contributed by atoms with Gasteiger partial charge < -0.3 is 9.63 Å². The summed E-state index contributed by atoms with van der Waals surface area (Å²) in [5, 5.41) is 12.5. The van der Waals surface area contributed by atoms with Crippen LogP contribution < -0.4 is 0 Å². The van der Waals surface area contributed by atoms with Crippen molar-refractivity contribution in [3.8, 4) is 0 Å². The van der Waals surface area contributed by atoms with Crippen molar-refractivity contribution in [3.05, 3.63) is 12.2 Å². The molecule has 0 amide bonds. The first-order chi connectivity index (χ1) is 7.25. The molecule has 0 aromatic carbocycles. The second-order valence-corrected chi connectivity index (χ2v) is 3.71. The lowest BCUT2D eigenvalue weighted by atomic mass is 10.1. The molecule has 6 heteroatoms. The molecule has 1 saturated heterocycles. The average Bonchev–Trinajstić information content (AvgIpc) is 2.78. The first-order valence-electron chi connectivity index (χ1n) is 4.97. The Bertz CT molecular complexity index is 325. The van der Waals surface area contributed by atoms with Gasteiger partial charge in [0.25, 0.3) is 0 Å². The van der Waals surface area contributed by atoms with Gasteiger partial charge in [0, 0.05) is 6.04 Å². The van der Waals surface area contributed by atoms with Crippen LogP contribution in [0.5, 0.6) is 0 Å². The quantitative estimate of drug-likeness (QED) is 0.781. The zero-order chi connectivity index (χ0) is 10.7. The third-order valence-corrected chi connectivity index (χ3v) is 2.66. The van der Waals surface area contributed by atoms with Gasteiger partial charge in [0.05, 0.1) is 13.0 Å². The van der Waals surface area contributed by atoms with Crippen molar-refractivity contribution in [2.45, 2.75) is 31.8 Å². The number of carboxylic acid groups (broad SMARTS) is 1. The van der Waals surface area contributed by atoms with Crippen LogP contribution in [0.2, 0.25) is 0 Å². The summed E-state index contributed by atoms with van der Waals surface area (Å²) in [6.45, 7) is 1.49. The minimum atomic E-state index is -0.750. The molecule has 15 heavy (non-hydrogen) atoms. The van der Waals surface area contributed by atoms with Gasteiger partial charge in [0.15, 0.2) is 5.82 Å². The van der Waals surface area contributed by atoms with Crippen LogP contribution in [0.25, 0.3) is 0 Å². The maximum atomic E-state index is 10.6. The minimum Gasteiger partial charge on any atom is -0.481 e. The Labute approximate surface area is 86.9 Å². The predicted octanol–water partition coefficient (Wildman–Crippen LogP) is 0.509. The largest absolute Gasteiger partial charge is 0.481 e. The normalized spacial score (nSPS) is 22.0. The first kappa shape index (κ1) is 10.1. The molecule has 1 fully saturated rings. The van der Waals surface area contributed by atoms with Crippen LogP contribution >= 0.6 is 0 Å². The Kier molecular flexibility index (Phi) is 2.96. The Balaban J connectivity index is 1.93. The number of hydrogen-bond donors (Lipinski definition) is 1. The highest BCUT2D eigenvalue weighted by Gasteiger charge is 2.27. The fraction of sp³-hybridized carbons (Fsp3) is 0.667. The summed E-state index contributed by atoms with van der Waals surface area (Å²) in [5.41, 5.74) is 0. The second-order valence-electron chi connectivity index (χ2n) is 3.71. The molecular formula is C9H13N3O3. The Morgan fingerprint density at radius 1 is 1.73 bits per heavy atom. The van der Waals surface area contributed by atoms with Crippen LogP contribution in [-0.2, 0) is 11.3 Å². The zero-order valence-corrected chi connectivity index (χ0v) is 8.30. The van der Waals surface area contributed by atoms with Gasteiger partial charge in [-0.15, -0.1) is 0 Å². The number of aromatic nitrogens is 2. The monoisotopic (exact) mass is 211 g/mol. The van der Waals surface area contributed by atoms with Crippen LogP contribution in [0.3, 0.4) is 0 Å². The molecule has 82 valence electrons. The summed E-state index contributed by atoms with van der Waals surface area (Å²) in [7, 11) is 0. The molecule has 0 bridgehead atoms. The number of aliphatic carboxylic acids is 1. The van der Waals surface area contributed by atoms with Gasteiger partial charge in [-0.3, -0.25) is 9.69 Å². The van der Waals surface area contributed by atoms with Crippen molar-refractivity contribution in [2.75, 3.05) is 6.54 Å². The lowest BCUT2D eigenvalue weighted by molar-refractivity contribution is -0.138. The molecule has 1 aliphatic heterocycles. The molecule has 2 rings (SSSR count). The van der Waals surface area contributed by atoms with E-state index in [9.17, 15) is 4.79 Å². The highest BCUT2D eigenvalue weighted by atomic mass is 16.5. The van der Waals surface area contributed by atoms with E-state index in [0.29, 0.717) is 12.4 Å². The van der Waals surface area contributed by atoms with Gasteiger partial charge in [0.1, 0.15) is 0 Å². The molecule has 0 aliphatic carbocycles. The molecule has 0 saturated carbocycles. The standard InChI is InChI=1S/C9H13N3O3/c13-9(14)4-7-2-1-3-12(7)5-8-10-6-15-11-8/h6-7H,1-5H2,(H,13,14). The second kappa shape index (κ2) is 4.39. The lowest BCUT2D eigenvalue weighted by Gasteiger charge is -2.20. The molecule has 0 radical (unpaired) electrons.